The van der Waals surface area contributed by atoms with Crippen LogP contribution in [0.2, 0.25) is 0 Å². The maximum Gasteiger partial charge on any atom is 0.242 e. The molecular formula is C26H37N3O5S. The van der Waals surface area contributed by atoms with E-state index < -0.39 is 16.1 Å². The van der Waals surface area contributed by atoms with Crippen LogP contribution in [-0.4, -0.2) is 64.2 Å². The van der Waals surface area contributed by atoms with Gasteiger partial charge >= 0.3 is 0 Å². The molecule has 2 amide bonds. The summed E-state index contributed by atoms with van der Waals surface area (Å²) >= 11 is 0. The summed E-state index contributed by atoms with van der Waals surface area (Å²) in [5, 5.41) is 2.65. The Labute approximate surface area is 209 Å². The van der Waals surface area contributed by atoms with Gasteiger partial charge in [-0.15, -0.1) is 0 Å². The third-order valence-electron chi connectivity index (χ3n) is 5.70. The van der Waals surface area contributed by atoms with E-state index in [9.17, 15) is 18.0 Å². The molecule has 9 heteroatoms. The number of carbonyl (C=O) groups is 2. The van der Waals surface area contributed by atoms with Crippen LogP contribution < -0.4 is 14.4 Å². The lowest BCUT2D eigenvalue weighted by molar-refractivity contribution is -0.140. The fraction of sp³-hybridized carbons (Fsp3) is 0.462. The van der Waals surface area contributed by atoms with Crippen molar-refractivity contribution < 1.29 is 22.7 Å². The van der Waals surface area contributed by atoms with Crippen LogP contribution >= 0.6 is 0 Å². The summed E-state index contributed by atoms with van der Waals surface area (Å²) in [6.45, 7) is 4.64. The number of benzene rings is 2. The Bertz CT molecular complexity index is 1060. The van der Waals surface area contributed by atoms with Crippen LogP contribution in [0, 0.1) is 0 Å². The lowest BCUT2D eigenvalue weighted by Crippen LogP contribution is -2.49. The minimum absolute atomic E-state index is 0.116. The molecule has 8 nitrogen and oxygen atoms in total. The average Bonchev–Trinajstić information content (AvgIpc) is 2.84. The number of hydrogen-bond acceptors (Lipinski definition) is 5. The van der Waals surface area contributed by atoms with Gasteiger partial charge in [-0.05, 0) is 43.9 Å². The lowest BCUT2D eigenvalue weighted by Gasteiger charge is -2.31. The molecule has 0 radical (unpaired) electrons. The van der Waals surface area contributed by atoms with Crippen LogP contribution in [0.4, 0.5) is 5.69 Å². The summed E-state index contributed by atoms with van der Waals surface area (Å²) in [5.41, 5.74) is 1.52. The zero-order valence-corrected chi connectivity index (χ0v) is 21.9. The van der Waals surface area contributed by atoms with Crippen molar-refractivity contribution in [1.29, 1.82) is 0 Å². The van der Waals surface area contributed by atoms with Crippen molar-refractivity contribution in [3.05, 3.63) is 60.2 Å². The number of nitrogens with one attached hydrogen (secondary N) is 1. The topological polar surface area (TPSA) is 96.0 Å². The van der Waals surface area contributed by atoms with Crippen LogP contribution in [0.5, 0.6) is 5.75 Å². The number of rotatable bonds is 14. The number of carbonyl (C=O) groups excluding carboxylic acids is 2. The first kappa shape index (κ1) is 28.2. The Balaban J connectivity index is 2.16. The molecule has 0 saturated carbocycles. The van der Waals surface area contributed by atoms with E-state index in [0.29, 0.717) is 43.9 Å². The first-order chi connectivity index (χ1) is 16.7. The highest BCUT2D eigenvalue weighted by atomic mass is 32.2. The van der Waals surface area contributed by atoms with Crippen molar-refractivity contribution in [2.24, 2.45) is 0 Å². The number of amides is 2. The fourth-order valence-electron chi connectivity index (χ4n) is 3.99. The highest BCUT2D eigenvalue weighted by Crippen LogP contribution is 2.30. The standard InChI is InChI=1S/C26H37N3O5S/c1-5-22(26(31)27-3)28(20-18-21-13-8-7-9-14-21)25(30)17-12-19-29(35(4,32)33)23-15-10-11-16-24(23)34-6-2/h7-11,13-16,22H,5-6,12,17-20H2,1-4H3,(H,27,31)/t22-/m0/s1. The first-order valence-corrected chi connectivity index (χ1v) is 13.8. The molecule has 1 N–H and O–H groups in total. The van der Waals surface area contributed by atoms with Gasteiger partial charge in [0.05, 0.1) is 18.6 Å². The van der Waals surface area contributed by atoms with Crippen molar-refractivity contribution in [2.75, 3.05) is 37.3 Å². The SMILES string of the molecule is CCOc1ccccc1N(CCCC(=O)N(CCc1ccccc1)[C@@H](CC)C(=O)NC)S(C)(=O)=O. The first-order valence-electron chi connectivity index (χ1n) is 12.0. The molecule has 0 fully saturated rings. The van der Waals surface area contributed by atoms with Crippen molar-refractivity contribution in [3.8, 4) is 5.75 Å². The van der Waals surface area contributed by atoms with Crippen molar-refractivity contribution in [2.45, 2.75) is 45.6 Å². The zero-order valence-electron chi connectivity index (χ0n) is 21.1. The molecule has 0 aliphatic rings. The van der Waals surface area contributed by atoms with Crippen LogP contribution in [0.25, 0.3) is 0 Å². The minimum Gasteiger partial charge on any atom is -0.492 e. The van der Waals surface area contributed by atoms with E-state index in [4.69, 9.17) is 4.74 Å². The van der Waals surface area contributed by atoms with Crippen LogP contribution in [-0.2, 0) is 26.0 Å². The summed E-state index contributed by atoms with van der Waals surface area (Å²) < 4.78 is 32.0. The summed E-state index contributed by atoms with van der Waals surface area (Å²) in [6.07, 6.45) is 2.67. The molecule has 0 saturated heterocycles. The van der Waals surface area contributed by atoms with E-state index in [1.165, 1.54) is 4.31 Å². The predicted molar refractivity (Wildman–Crippen MR) is 139 cm³/mol. The largest absolute Gasteiger partial charge is 0.492 e. The molecule has 2 aromatic rings. The number of anilines is 1. The van der Waals surface area contributed by atoms with Gasteiger partial charge in [-0.1, -0.05) is 49.4 Å². The van der Waals surface area contributed by atoms with Gasteiger partial charge in [0, 0.05) is 26.6 Å². The van der Waals surface area contributed by atoms with Gasteiger partial charge in [-0.25, -0.2) is 8.42 Å². The minimum atomic E-state index is -3.60. The Kier molecular flexibility index (Phi) is 11.0. The smallest absolute Gasteiger partial charge is 0.242 e. The van der Waals surface area contributed by atoms with E-state index in [2.05, 4.69) is 5.32 Å². The molecule has 0 aliphatic heterocycles. The van der Waals surface area contributed by atoms with Crippen LogP contribution in [0.3, 0.4) is 0 Å². The van der Waals surface area contributed by atoms with Gasteiger partial charge in [-0.2, -0.15) is 0 Å². The number of hydrogen-bond donors (Lipinski definition) is 1. The normalized spacial score (nSPS) is 12.0. The number of nitrogens with zero attached hydrogens (tertiary/aromatic N) is 2. The maximum atomic E-state index is 13.3. The fourth-order valence-corrected chi connectivity index (χ4v) is 4.95. The number of sulfonamides is 1. The van der Waals surface area contributed by atoms with Gasteiger partial charge in [0.25, 0.3) is 0 Å². The van der Waals surface area contributed by atoms with Crippen LogP contribution in [0.15, 0.2) is 54.6 Å². The Morgan fingerprint density at radius 2 is 1.66 bits per heavy atom. The highest BCUT2D eigenvalue weighted by Gasteiger charge is 2.28. The quantitative estimate of drug-likeness (QED) is 0.427. The van der Waals surface area contributed by atoms with E-state index in [1.54, 1.807) is 36.2 Å². The van der Waals surface area contributed by atoms with Crippen molar-refractivity contribution in [3.63, 3.8) is 0 Å². The average molecular weight is 504 g/mol. The Morgan fingerprint density at radius 3 is 2.26 bits per heavy atom. The third kappa shape index (κ3) is 8.28. The number of likely N-dealkylation sites (N-methyl/N-ethyl adjacent to an activating group) is 1. The molecule has 0 heterocycles. The summed E-state index contributed by atoms with van der Waals surface area (Å²) in [7, 11) is -2.04. The van der Waals surface area contributed by atoms with Gasteiger partial charge < -0.3 is 15.0 Å². The lowest BCUT2D eigenvalue weighted by atomic mass is 10.1. The molecule has 2 aromatic carbocycles. The molecule has 192 valence electrons. The van der Waals surface area contributed by atoms with E-state index >= 15 is 0 Å². The summed E-state index contributed by atoms with van der Waals surface area (Å²) in [4.78, 5) is 27.4. The zero-order chi connectivity index (χ0) is 25.8. The van der Waals surface area contributed by atoms with Crippen LogP contribution in [0.1, 0.15) is 38.7 Å². The summed E-state index contributed by atoms with van der Waals surface area (Å²) in [6, 6.07) is 16.2. The molecular weight excluding hydrogens is 466 g/mol. The molecule has 0 bridgehead atoms. The predicted octanol–water partition coefficient (Wildman–Crippen LogP) is 3.23. The second kappa shape index (κ2) is 13.7. The van der Waals surface area contributed by atoms with Gasteiger partial charge in [-0.3, -0.25) is 13.9 Å². The van der Waals surface area contributed by atoms with Crippen molar-refractivity contribution in [1.82, 2.24) is 10.2 Å². The molecule has 0 aliphatic carbocycles. The molecule has 0 aromatic heterocycles. The number of ether oxygens (including phenoxy) is 1. The second-order valence-corrected chi connectivity index (χ2v) is 10.1. The van der Waals surface area contributed by atoms with E-state index in [1.807, 2.05) is 44.2 Å². The van der Waals surface area contributed by atoms with Gasteiger partial charge in [0.15, 0.2) is 0 Å². The third-order valence-corrected chi connectivity index (χ3v) is 6.88. The highest BCUT2D eigenvalue weighted by molar-refractivity contribution is 7.92. The molecule has 0 spiro atoms. The van der Waals surface area contributed by atoms with Crippen molar-refractivity contribution >= 4 is 27.5 Å². The Hall–Kier alpha value is -3.07. The van der Waals surface area contributed by atoms with Gasteiger partial charge in [0.1, 0.15) is 11.8 Å². The number of para-hydroxylation sites is 2. The monoisotopic (exact) mass is 503 g/mol. The van der Waals surface area contributed by atoms with E-state index in [0.717, 1.165) is 11.8 Å². The molecule has 35 heavy (non-hydrogen) atoms. The van der Waals surface area contributed by atoms with E-state index in [-0.39, 0.29) is 24.8 Å². The second-order valence-electron chi connectivity index (χ2n) is 8.20. The van der Waals surface area contributed by atoms with Gasteiger partial charge in [0.2, 0.25) is 21.8 Å². The summed E-state index contributed by atoms with van der Waals surface area (Å²) in [5.74, 6) is 0.0853. The molecule has 0 unspecified atom stereocenters. The Morgan fingerprint density at radius 1 is 1.00 bits per heavy atom. The maximum absolute atomic E-state index is 13.3. The molecule has 2 rings (SSSR count). The molecule has 1 atom stereocenters.